The Balaban J connectivity index is 2.14. The molecule has 0 spiro atoms. The average molecular weight is 259 g/mol. The summed E-state index contributed by atoms with van der Waals surface area (Å²) in [6.45, 7) is 5.16. The molecule has 5 heteroatoms. The predicted molar refractivity (Wildman–Crippen MR) is 74.8 cm³/mol. The monoisotopic (exact) mass is 259 g/mol. The van der Waals surface area contributed by atoms with Gasteiger partial charge in [-0.15, -0.1) is 0 Å². The minimum atomic E-state index is 0.0959. The van der Waals surface area contributed by atoms with Crippen LogP contribution in [0.3, 0.4) is 0 Å². The predicted octanol–water partition coefficient (Wildman–Crippen LogP) is 1.89. The molecule has 2 aromatic heterocycles. The summed E-state index contributed by atoms with van der Waals surface area (Å²) in [5.41, 5.74) is 1.08. The molecule has 0 fully saturated rings. The van der Waals surface area contributed by atoms with E-state index >= 15 is 0 Å². The molecule has 0 saturated carbocycles. The average Bonchev–Trinajstić information content (AvgIpc) is 2.85. The molecule has 102 valence electrons. The van der Waals surface area contributed by atoms with Crippen LogP contribution in [0.15, 0.2) is 24.8 Å². The highest BCUT2D eigenvalue weighted by Crippen LogP contribution is 2.14. The molecule has 5 nitrogen and oxygen atoms in total. The van der Waals surface area contributed by atoms with Crippen LogP contribution in [0.2, 0.25) is 0 Å². The molecule has 0 aliphatic rings. The Bertz CT molecular complexity index is 503. The summed E-state index contributed by atoms with van der Waals surface area (Å²) >= 11 is 0. The molecule has 0 radical (unpaired) electrons. The van der Waals surface area contributed by atoms with Gasteiger partial charge in [0.2, 0.25) is 0 Å². The fourth-order valence-corrected chi connectivity index (χ4v) is 2.06. The molecule has 0 saturated heterocycles. The maximum absolute atomic E-state index is 4.43. The van der Waals surface area contributed by atoms with E-state index < -0.39 is 0 Å². The van der Waals surface area contributed by atoms with Crippen molar-refractivity contribution in [1.29, 1.82) is 0 Å². The van der Waals surface area contributed by atoms with E-state index in [9.17, 15) is 0 Å². The molecule has 2 aromatic rings. The lowest BCUT2D eigenvalue weighted by Crippen LogP contribution is -2.23. The van der Waals surface area contributed by atoms with E-state index in [1.54, 1.807) is 0 Å². The van der Waals surface area contributed by atoms with Gasteiger partial charge >= 0.3 is 0 Å². The van der Waals surface area contributed by atoms with Crippen LogP contribution in [0, 0.1) is 6.92 Å². The van der Waals surface area contributed by atoms with Crippen molar-refractivity contribution in [3.05, 3.63) is 42.0 Å². The van der Waals surface area contributed by atoms with Crippen molar-refractivity contribution in [3.8, 4) is 0 Å². The molecule has 0 aliphatic carbocycles. The quantitative estimate of drug-likeness (QED) is 0.860. The Morgan fingerprint density at radius 1 is 1.26 bits per heavy atom. The van der Waals surface area contributed by atoms with Gasteiger partial charge in [0.15, 0.2) is 0 Å². The molecule has 0 aromatic carbocycles. The first kappa shape index (κ1) is 13.7. The lowest BCUT2D eigenvalue weighted by Gasteiger charge is -2.15. The molecule has 0 aliphatic heterocycles. The second kappa shape index (κ2) is 6.43. The van der Waals surface area contributed by atoms with Crippen LogP contribution < -0.4 is 5.32 Å². The van der Waals surface area contributed by atoms with Crippen LogP contribution in [-0.2, 0) is 13.0 Å². The summed E-state index contributed by atoms with van der Waals surface area (Å²) in [6.07, 6.45) is 9.49. The molecule has 2 rings (SSSR count). The Morgan fingerprint density at radius 2 is 2.00 bits per heavy atom. The zero-order valence-electron chi connectivity index (χ0n) is 11.8. The Labute approximate surface area is 114 Å². The molecule has 1 atom stereocenters. The normalized spacial score (nSPS) is 12.6. The molecular formula is C14H21N5. The fraction of sp³-hybridized carbons (Fsp3) is 0.500. The van der Waals surface area contributed by atoms with Crippen LogP contribution in [0.5, 0.6) is 0 Å². The van der Waals surface area contributed by atoms with E-state index in [2.05, 4.69) is 31.8 Å². The van der Waals surface area contributed by atoms with Crippen molar-refractivity contribution < 1.29 is 0 Å². The summed E-state index contributed by atoms with van der Waals surface area (Å²) in [6, 6.07) is 0.0959. The third-order valence-corrected chi connectivity index (χ3v) is 3.11. The van der Waals surface area contributed by atoms with Crippen molar-refractivity contribution in [2.24, 2.45) is 0 Å². The van der Waals surface area contributed by atoms with E-state index in [4.69, 9.17) is 0 Å². The molecule has 0 amide bonds. The number of aromatic nitrogens is 4. The number of nitrogens with one attached hydrogen (secondary N) is 1. The second-order valence-electron chi connectivity index (χ2n) is 4.70. The number of rotatable bonds is 6. The van der Waals surface area contributed by atoms with Gasteiger partial charge in [-0.25, -0.2) is 15.0 Å². The van der Waals surface area contributed by atoms with Gasteiger partial charge < -0.3 is 9.88 Å². The van der Waals surface area contributed by atoms with Crippen LogP contribution in [-0.4, -0.2) is 26.6 Å². The van der Waals surface area contributed by atoms with Crippen molar-refractivity contribution in [2.45, 2.75) is 39.3 Å². The fourth-order valence-electron chi connectivity index (χ4n) is 2.06. The molecule has 1 unspecified atom stereocenters. The summed E-state index contributed by atoms with van der Waals surface area (Å²) in [5.74, 6) is 1.89. The number of nitrogens with zero attached hydrogens (tertiary/aromatic N) is 4. The maximum Gasteiger partial charge on any atom is 0.145 e. The summed E-state index contributed by atoms with van der Waals surface area (Å²) in [5, 5.41) is 3.27. The highest BCUT2D eigenvalue weighted by Gasteiger charge is 2.15. The third kappa shape index (κ3) is 3.38. The molecule has 0 bridgehead atoms. The van der Waals surface area contributed by atoms with Crippen molar-refractivity contribution >= 4 is 0 Å². The number of hydrogen-bond acceptors (Lipinski definition) is 4. The minimum absolute atomic E-state index is 0.0959. The van der Waals surface area contributed by atoms with Gasteiger partial charge in [-0.05, 0) is 26.0 Å². The first-order valence-electron chi connectivity index (χ1n) is 6.70. The van der Waals surface area contributed by atoms with E-state index in [0.29, 0.717) is 0 Å². The van der Waals surface area contributed by atoms with Gasteiger partial charge in [0.25, 0.3) is 0 Å². The summed E-state index contributed by atoms with van der Waals surface area (Å²) in [7, 11) is 1.93. The van der Waals surface area contributed by atoms with Crippen LogP contribution in [0.1, 0.15) is 36.6 Å². The van der Waals surface area contributed by atoms with Gasteiger partial charge in [0.05, 0.1) is 6.04 Å². The lowest BCUT2D eigenvalue weighted by atomic mass is 10.2. The zero-order chi connectivity index (χ0) is 13.7. The Hall–Kier alpha value is -1.75. The maximum atomic E-state index is 4.43. The van der Waals surface area contributed by atoms with Crippen molar-refractivity contribution in [1.82, 2.24) is 24.8 Å². The van der Waals surface area contributed by atoms with E-state index in [-0.39, 0.29) is 6.04 Å². The Morgan fingerprint density at radius 3 is 2.63 bits per heavy atom. The van der Waals surface area contributed by atoms with Gasteiger partial charge in [0.1, 0.15) is 11.6 Å². The molecule has 2 heterocycles. The molecule has 19 heavy (non-hydrogen) atoms. The smallest absolute Gasteiger partial charge is 0.145 e. The van der Waals surface area contributed by atoms with E-state index in [1.807, 2.05) is 38.8 Å². The van der Waals surface area contributed by atoms with Gasteiger partial charge in [-0.3, -0.25) is 0 Å². The number of likely N-dealkylation sites (N-methyl/N-ethyl adjacent to an activating group) is 1. The van der Waals surface area contributed by atoms with Gasteiger partial charge in [0, 0.05) is 37.8 Å². The molecular weight excluding hydrogens is 238 g/mol. The van der Waals surface area contributed by atoms with Crippen LogP contribution in [0.25, 0.3) is 0 Å². The SMILES string of the molecule is CCCn1ccnc1CC(NC)c1ncc(C)cn1. The third-order valence-electron chi connectivity index (χ3n) is 3.11. The topological polar surface area (TPSA) is 55.6 Å². The standard InChI is InChI=1S/C14H21N5/c1-4-6-19-7-5-16-13(19)8-12(15-3)14-17-9-11(2)10-18-14/h5,7,9-10,12,15H,4,6,8H2,1-3H3. The second-order valence-corrected chi connectivity index (χ2v) is 4.70. The van der Waals surface area contributed by atoms with Crippen molar-refractivity contribution in [2.75, 3.05) is 7.05 Å². The number of aryl methyl sites for hydroxylation is 2. The summed E-state index contributed by atoms with van der Waals surface area (Å²) < 4.78 is 2.19. The number of imidazole rings is 1. The molecule has 1 N–H and O–H groups in total. The van der Waals surface area contributed by atoms with Gasteiger partial charge in [-0.2, -0.15) is 0 Å². The first-order valence-corrected chi connectivity index (χ1v) is 6.70. The highest BCUT2D eigenvalue weighted by atomic mass is 15.1. The summed E-state index contributed by atoms with van der Waals surface area (Å²) in [4.78, 5) is 13.2. The first-order chi connectivity index (χ1) is 9.24. The van der Waals surface area contributed by atoms with E-state index in [0.717, 1.165) is 36.6 Å². The minimum Gasteiger partial charge on any atom is -0.335 e. The van der Waals surface area contributed by atoms with Crippen molar-refractivity contribution in [3.63, 3.8) is 0 Å². The van der Waals surface area contributed by atoms with Crippen LogP contribution in [0.4, 0.5) is 0 Å². The Kier molecular flexibility index (Phi) is 4.63. The van der Waals surface area contributed by atoms with Gasteiger partial charge in [-0.1, -0.05) is 6.92 Å². The van der Waals surface area contributed by atoms with Crippen LogP contribution >= 0.6 is 0 Å². The lowest BCUT2D eigenvalue weighted by molar-refractivity contribution is 0.520. The number of hydrogen-bond donors (Lipinski definition) is 1. The van der Waals surface area contributed by atoms with E-state index in [1.165, 1.54) is 0 Å². The largest absolute Gasteiger partial charge is 0.335 e. The highest BCUT2D eigenvalue weighted by molar-refractivity contribution is 5.07. The zero-order valence-corrected chi connectivity index (χ0v) is 11.8.